The van der Waals surface area contributed by atoms with E-state index in [1.807, 2.05) is 0 Å². The molecule has 0 heterocycles. The van der Waals surface area contributed by atoms with Gasteiger partial charge in [-0.05, 0) is 13.0 Å². The molecule has 0 aliphatic heterocycles. The minimum atomic E-state index is -4.09. The normalized spacial score (nSPS) is 15.0. The van der Waals surface area contributed by atoms with E-state index in [0.717, 1.165) is 0 Å². The van der Waals surface area contributed by atoms with Gasteiger partial charge in [-0.15, -0.1) is 0 Å². The van der Waals surface area contributed by atoms with E-state index in [1.54, 1.807) is 13.8 Å². The second-order valence-electron chi connectivity index (χ2n) is 2.44. The van der Waals surface area contributed by atoms with Crippen LogP contribution in [0.15, 0.2) is 0 Å². The predicted molar refractivity (Wildman–Crippen MR) is 38.4 cm³/mol. The van der Waals surface area contributed by atoms with Gasteiger partial charge < -0.3 is 5.32 Å². The van der Waals surface area contributed by atoms with E-state index in [0.29, 0.717) is 13.0 Å². The third-order valence-corrected chi connectivity index (χ3v) is 1.42. The van der Waals surface area contributed by atoms with Gasteiger partial charge in [-0.1, -0.05) is 20.3 Å². The summed E-state index contributed by atoms with van der Waals surface area (Å²) in [6.07, 6.45) is -3.37. The van der Waals surface area contributed by atoms with Crippen LogP contribution in [-0.4, -0.2) is 18.8 Å². The highest BCUT2D eigenvalue weighted by atomic mass is 19.4. The van der Waals surface area contributed by atoms with Crippen LogP contribution in [0.25, 0.3) is 0 Å². The van der Waals surface area contributed by atoms with Crippen LogP contribution in [0.3, 0.4) is 0 Å². The van der Waals surface area contributed by atoms with Gasteiger partial charge in [0.2, 0.25) is 0 Å². The van der Waals surface area contributed by atoms with Crippen molar-refractivity contribution in [3.63, 3.8) is 0 Å². The first kappa shape index (κ1) is 10.8. The summed E-state index contributed by atoms with van der Waals surface area (Å²) in [7, 11) is 0. The molecule has 1 atom stereocenters. The molecule has 4 heteroatoms. The molecule has 0 aromatic heterocycles. The van der Waals surface area contributed by atoms with Gasteiger partial charge in [0, 0.05) is 0 Å². The Bertz CT molecular complexity index is 94.3. The molecule has 0 aliphatic rings. The van der Waals surface area contributed by atoms with Gasteiger partial charge in [0.15, 0.2) is 0 Å². The zero-order valence-electron chi connectivity index (χ0n) is 6.83. The zero-order chi connectivity index (χ0) is 8.91. The molecule has 0 bridgehead atoms. The van der Waals surface area contributed by atoms with Gasteiger partial charge in [-0.3, -0.25) is 0 Å². The first-order valence-electron chi connectivity index (χ1n) is 3.82. The summed E-state index contributed by atoms with van der Waals surface area (Å²) in [4.78, 5) is 0. The molecule has 11 heavy (non-hydrogen) atoms. The Morgan fingerprint density at radius 1 is 1.27 bits per heavy atom. The Kier molecular flexibility index (Phi) is 4.49. The molecular formula is C7H14F3N. The summed E-state index contributed by atoms with van der Waals surface area (Å²) in [5.41, 5.74) is 0. The fourth-order valence-electron chi connectivity index (χ4n) is 0.917. The quantitative estimate of drug-likeness (QED) is 0.681. The first-order chi connectivity index (χ1) is 5.02. The summed E-state index contributed by atoms with van der Waals surface area (Å²) in [5.74, 6) is 0. The second kappa shape index (κ2) is 4.59. The summed E-state index contributed by atoms with van der Waals surface area (Å²) in [5, 5.41) is 2.40. The molecule has 0 rings (SSSR count). The molecule has 1 unspecified atom stereocenters. The number of rotatable bonds is 4. The molecule has 1 N–H and O–H groups in total. The standard InChI is InChI=1S/C7H14F3N/c1-3-5-6(11-4-2)7(8,9)10/h6,11H,3-5H2,1-2H3. The number of halogens is 3. The second-order valence-corrected chi connectivity index (χ2v) is 2.44. The van der Waals surface area contributed by atoms with Crippen molar-refractivity contribution in [2.75, 3.05) is 6.54 Å². The molecule has 0 aromatic rings. The molecule has 0 aliphatic carbocycles. The Hall–Kier alpha value is -0.250. The van der Waals surface area contributed by atoms with Crippen molar-refractivity contribution in [3.8, 4) is 0 Å². The van der Waals surface area contributed by atoms with Gasteiger partial charge in [0.05, 0.1) is 0 Å². The van der Waals surface area contributed by atoms with Crippen LogP contribution in [-0.2, 0) is 0 Å². The van der Waals surface area contributed by atoms with E-state index >= 15 is 0 Å². The highest BCUT2D eigenvalue weighted by molar-refractivity contribution is 4.73. The number of hydrogen-bond acceptors (Lipinski definition) is 1. The lowest BCUT2D eigenvalue weighted by atomic mass is 10.1. The molecule has 0 amide bonds. The lowest BCUT2D eigenvalue weighted by molar-refractivity contribution is -0.157. The SMILES string of the molecule is CCCC(NCC)C(F)(F)F. The molecular weight excluding hydrogens is 155 g/mol. The topological polar surface area (TPSA) is 12.0 Å². The van der Waals surface area contributed by atoms with E-state index < -0.39 is 12.2 Å². The summed E-state index contributed by atoms with van der Waals surface area (Å²) >= 11 is 0. The van der Waals surface area contributed by atoms with E-state index in [2.05, 4.69) is 5.32 Å². The highest BCUT2D eigenvalue weighted by Crippen LogP contribution is 2.22. The number of hydrogen-bond donors (Lipinski definition) is 1. The molecule has 0 spiro atoms. The smallest absolute Gasteiger partial charge is 0.306 e. The first-order valence-corrected chi connectivity index (χ1v) is 3.82. The van der Waals surface area contributed by atoms with Crippen LogP contribution in [0.5, 0.6) is 0 Å². The van der Waals surface area contributed by atoms with Crippen molar-refractivity contribution in [2.45, 2.75) is 38.9 Å². The Balaban J connectivity index is 3.88. The monoisotopic (exact) mass is 169 g/mol. The average molecular weight is 169 g/mol. The number of nitrogens with one attached hydrogen (secondary N) is 1. The molecule has 0 fully saturated rings. The van der Waals surface area contributed by atoms with Crippen molar-refractivity contribution in [1.29, 1.82) is 0 Å². The molecule has 0 radical (unpaired) electrons. The summed E-state index contributed by atoms with van der Waals surface area (Å²) < 4.78 is 36.1. The molecule has 68 valence electrons. The predicted octanol–water partition coefficient (Wildman–Crippen LogP) is 2.33. The lowest BCUT2D eigenvalue weighted by Crippen LogP contribution is -2.41. The van der Waals surface area contributed by atoms with Crippen molar-refractivity contribution >= 4 is 0 Å². The third-order valence-electron chi connectivity index (χ3n) is 1.42. The lowest BCUT2D eigenvalue weighted by Gasteiger charge is -2.19. The van der Waals surface area contributed by atoms with Crippen molar-refractivity contribution < 1.29 is 13.2 Å². The maximum atomic E-state index is 12.0. The van der Waals surface area contributed by atoms with E-state index in [4.69, 9.17) is 0 Å². The van der Waals surface area contributed by atoms with Gasteiger partial charge in [-0.25, -0.2) is 0 Å². The van der Waals surface area contributed by atoms with E-state index in [9.17, 15) is 13.2 Å². The van der Waals surface area contributed by atoms with Crippen LogP contribution < -0.4 is 5.32 Å². The summed E-state index contributed by atoms with van der Waals surface area (Å²) in [6.45, 7) is 3.79. The van der Waals surface area contributed by atoms with Gasteiger partial charge in [-0.2, -0.15) is 13.2 Å². The highest BCUT2D eigenvalue weighted by Gasteiger charge is 2.37. The Morgan fingerprint density at radius 2 is 1.82 bits per heavy atom. The van der Waals surface area contributed by atoms with Gasteiger partial charge >= 0.3 is 6.18 Å². The average Bonchev–Trinajstić information content (AvgIpc) is 1.85. The van der Waals surface area contributed by atoms with Crippen molar-refractivity contribution in [2.24, 2.45) is 0 Å². The molecule has 0 saturated heterocycles. The van der Waals surface area contributed by atoms with Crippen LogP contribution >= 0.6 is 0 Å². The fourth-order valence-corrected chi connectivity index (χ4v) is 0.917. The van der Waals surface area contributed by atoms with E-state index in [-0.39, 0.29) is 6.42 Å². The maximum Gasteiger partial charge on any atom is 0.403 e. The van der Waals surface area contributed by atoms with Crippen LogP contribution in [0.2, 0.25) is 0 Å². The van der Waals surface area contributed by atoms with Gasteiger partial charge in [0.1, 0.15) is 6.04 Å². The minimum absolute atomic E-state index is 0.164. The largest absolute Gasteiger partial charge is 0.403 e. The summed E-state index contributed by atoms with van der Waals surface area (Å²) in [6, 6.07) is -1.32. The van der Waals surface area contributed by atoms with Crippen molar-refractivity contribution in [3.05, 3.63) is 0 Å². The Labute approximate surface area is 65.0 Å². The molecule has 1 nitrogen and oxygen atoms in total. The van der Waals surface area contributed by atoms with Crippen LogP contribution in [0.4, 0.5) is 13.2 Å². The molecule has 0 aromatic carbocycles. The fraction of sp³-hybridized carbons (Fsp3) is 1.00. The molecule has 0 saturated carbocycles. The van der Waals surface area contributed by atoms with Crippen LogP contribution in [0, 0.1) is 0 Å². The zero-order valence-corrected chi connectivity index (χ0v) is 6.83. The third kappa shape index (κ3) is 4.24. The van der Waals surface area contributed by atoms with E-state index in [1.165, 1.54) is 0 Å². The van der Waals surface area contributed by atoms with Crippen molar-refractivity contribution in [1.82, 2.24) is 5.32 Å². The van der Waals surface area contributed by atoms with Gasteiger partial charge in [0.25, 0.3) is 0 Å². The Morgan fingerprint density at radius 3 is 2.09 bits per heavy atom. The maximum absolute atomic E-state index is 12.0. The van der Waals surface area contributed by atoms with Crippen LogP contribution in [0.1, 0.15) is 26.7 Å². The minimum Gasteiger partial charge on any atom is -0.306 e. The number of alkyl halides is 3.